The molecular weight excluding hydrogens is 332 g/mol. The molecular formula is C12H24N2O10. The van der Waals surface area contributed by atoms with Crippen molar-refractivity contribution in [2.45, 2.75) is 49.8 Å². The molecule has 0 aromatic carbocycles. The van der Waals surface area contributed by atoms with Crippen molar-refractivity contribution in [1.29, 1.82) is 0 Å². The Morgan fingerprint density at radius 1 is 1.00 bits per heavy atom. The van der Waals surface area contributed by atoms with E-state index >= 15 is 0 Å². The molecule has 24 heavy (non-hydrogen) atoms. The average Bonchev–Trinajstić information content (AvgIpc) is 3.07. The molecule has 0 bridgehead atoms. The molecule has 0 aromatic heterocycles. The van der Waals surface area contributed by atoms with Gasteiger partial charge in [-0.1, -0.05) is 0 Å². The van der Waals surface area contributed by atoms with E-state index in [9.17, 15) is 5.11 Å². The van der Waals surface area contributed by atoms with Crippen LogP contribution in [0.3, 0.4) is 0 Å². The number of rotatable bonds is 11. The molecule has 2 aliphatic heterocycles. The van der Waals surface area contributed by atoms with E-state index in [4.69, 9.17) is 35.0 Å². The Balaban J connectivity index is 1.59. The van der Waals surface area contributed by atoms with Crippen LogP contribution in [0.15, 0.2) is 0 Å². The van der Waals surface area contributed by atoms with Gasteiger partial charge in [-0.15, -0.1) is 0 Å². The third-order valence-electron chi connectivity index (χ3n) is 3.85. The van der Waals surface area contributed by atoms with Gasteiger partial charge in [0, 0.05) is 6.61 Å². The summed E-state index contributed by atoms with van der Waals surface area (Å²) in [7, 11) is 0. The number of fused-ring (bicyclic) bond motifs is 1. The molecule has 142 valence electrons. The van der Waals surface area contributed by atoms with E-state index in [-0.39, 0.29) is 31.5 Å². The highest BCUT2D eigenvalue weighted by molar-refractivity contribution is 4.94. The van der Waals surface area contributed by atoms with Gasteiger partial charge in [-0.05, 0) is 19.3 Å². The first-order valence-electron chi connectivity index (χ1n) is 7.65. The molecule has 0 aliphatic carbocycles. The van der Waals surface area contributed by atoms with E-state index in [1.165, 1.54) is 0 Å². The first kappa shape index (κ1) is 19.8. The minimum Gasteiger partial charge on any atom is -0.388 e. The second-order valence-electron chi connectivity index (χ2n) is 5.60. The number of unbranched alkanes of at least 4 members (excludes halogenated alkanes) is 1. The lowest BCUT2D eigenvalue weighted by atomic mass is 10.1. The Hall–Kier alpha value is -0.480. The molecule has 0 radical (unpaired) electrons. The summed E-state index contributed by atoms with van der Waals surface area (Å²) in [6.07, 6.45) is -0.596. The van der Waals surface area contributed by atoms with Crippen LogP contribution in [0.2, 0.25) is 0 Å². The zero-order valence-corrected chi connectivity index (χ0v) is 13.0. The Morgan fingerprint density at radius 3 is 2.46 bits per heavy atom. The minimum absolute atomic E-state index is 0.217. The highest BCUT2D eigenvalue weighted by Crippen LogP contribution is 2.28. The highest BCUT2D eigenvalue weighted by Gasteiger charge is 2.47. The van der Waals surface area contributed by atoms with Gasteiger partial charge in [0.05, 0.1) is 24.0 Å². The lowest BCUT2D eigenvalue weighted by molar-refractivity contribution is -0.527. The molecule has 2 aliphatic rings. The van der Waals surface area contributed by atoms with Gasteiger partial charge in [-0.3, -0.25) is 20.8 Å². The summed E-state index contributed by atoms with van der Waals surface area (Å²) in [4.78, 5) is 8.99. The zero-order valence-electron chi connectivity index (χ0n) is 13.0. The SMILES string of the molecule is O[C@@H]1COC2C1OC[C@H]2OCCCCC(CON(O)O)ON(O)O. The fourth-order valence-corrected chi connectivity index (χ4v) is 2.75. The molecule has 0 amide bonds. The van der Waals surface area contributed by atoms with Gasteiger partial charge in [-0.25, -0.2) is 9.68 Å². The summed E-state index contributed by atoms with van der Waals surface area (Å²) >= 11 is 0. The topological polar surface area (TPSA) is 154 Å². The van der Waals surface area contributed by atoms with E-state index in [2.05, 4.69) is 9.68 Å². The van der Waals surface area contributed by atoms with Crippen molar-refractivity contribution < 1.29 is 49.8 Å². The fraction of sp³-hybridized carbons (Fsp3) is 1.00. The van der Waals surface area contributed by atoms with Crippen LogP contribution in [0.1, 0.15) is 19.3 Å². The summed E-state index contributed by atoms with van der Waals surface area (Å²) in [6, 6.07) is 0. The van der Waals surface area contributed by atoms with Crippen LogP contribution >= 0.6 is 0 Å². The molecule has 12 nitrogen and oxygen atoms in total. The van der Waals surface area contributed by atoms with Crippen molar-refractivity contribution in [1.82, 2.24) is 10.8 Å². The molecule has 5 N–H and O–H groups in total. The van der Waals surface area contributed by atoms with Gasteiger partial charge in [0.2, 0.25) is 0 Å². The van der Waals surface area contributed by atoms with Gasteiger partial charge in [0.15, 0.2) is 0 Å². The van der Waals surface area contributed by atoms with E-state index in [0.29, 0.717) is 32.5 Å². The molecule has 2 fully saturated rings. The van der Waals surface area contributed by atoms with Crippen LogP contribution in [0.4, 0.5) is 0 Å². The summed E-state index contributed by atoms with van der Waals surface area (Å²) in [5, 5.41) is 42.9. The molecule has 0 spiro atoms. The van der Waals surface area contributed by atoms with E-state index in [0.717, 1.165) is 0 Å². The van der Waals surface area contributed by atoms with E-state index < -0.39 is 23.0 Å². The highest BCUT2D eigenvalue weighted by atomic mass is 17.1. The van der Waals surface area contributed by atoms with Crippen molar-refractivity contribution >= 4 is 0 Å². The second kappa shape index (κ2) is 9.86. The molecule has 5 atom stereocenters. The summed E-state index contributed by atoms with van der Waals surface area (Å²) in [5.74, 6) is 0. The van der Waals surface area contributed by atoms with Gasteiger partial charge < -0.3 is 19.3 Å². The first-order valence-corrected chi connectivity index (χ1v) is 7.65. The summed E-state index contributed by atoms with van der Waals surface area (Å²) in [6.45, 7) is 0.758. The molecule has 0 aromatic rings. The van der Waals surface area contributed by atoms with E-state index in [1.807, 2.05) is 0 Å². The van der Waals surface area contributed by atoms with Crippen LogP contribution in [-0.2, 0) is 23.9 Å². The average molecular weight is 356 g/mol. The smallest absolute Gasteiger partial charge is 0.115 e. The Bertz CT molecular complexity index is 361. The number of nitrogens with zero attached hydrogens (tertiary/aromatic N) is 2. The maximum absolute atomic E-state index is 9.63. The number of hydrogen-bond donors (Lipinski definition) is 5. The Morgan fingerprint density at radius 2 is 1.75 bits per heavy atom. The molecule has 12 heteroatoms. The van der Waals surface area contributed by atoms with Crippen LogP contribution in [0.5, 0.6) is 0 Å². The van der Waals surface area contributed by atoms with Gasteiger partial charge in [0.25, 0.3) is 0 Å². The second-order valence-corrected chi connectivity index (χ2v) is 5.60. The largest absolute Gasteiger partial charge is 0.388 e. The lowest BCUT2D eigenvalue weighted by Crippen LogP contribution is -2.33. The molecule has 2 rings (SSSR count). The van der Waals surface area contributed by atoms with Crippen LogP contribution in [0, 0.1) is 0 Å². The summed E-state index contributed by atoms with van der Waals surface area (Å²) in [5.41, 5.74) is 0. The maximum Gasteiger partial charge on any atom is 0.115 e. The number of ether oxygens (including phenoxy) is 3. The third-order valence-corrected chi connectivity index (χ3v) is 3.85. The van der Waals surface area contributed by atoms with Gasteiger partial charge in [0.1, 0.15) is 37.1 Å². The molecule has 2 saturated heterocycles. The van der Waals surface area contributed by atoms with Crippen LogP contribution < -0.4 is 0 Å². The van der Waals surface area contributed by atoms with Crippen molar-refractivity contribution in [3.63, 3.8) is 0 Å². The predicted molar refractivity (Wildman–Crippen MR) is 70.7 cm³/mol. The maximum atomic E-state index is 9.63. The first-order chi connectivity index (χ1) is 11.5. The van der Waals surface area contributed by atoms with Crippen LogP contribution in [0.25, 0.3) is 0 Å². The summed E-state index contributed by atoms with van der Waals surface area (Å²) < 4.78 is 16.6. The van der Waals surface area contributed by atoms with Crippen molar-refractivity contribution in [2.75, 3.05) is 26.4 Å². The third kappa shape index (κ3) is 6.11. The van der Waals surface area contributed by atoms with E-state index in [1.54, 1.807) is 0 Å². The molecule has 3 unspecified atom stereocenters. The number of aliphatic hydroxyl groups excluding tert-OH is 1. The van der Waals surface area contributed by atoms with Crippen molar-refractivity contribution in [3.05, 3.63) is 0 Å². The number of aliphatic hydroxyl groups is 1. The fourth-order valence-electron chi connectivity index (χ4n) is 2.75. The zero-order chi connectivity index (χ0) is 17.5. The Labute approximate surface area is 138 Å². The molecule has 0 saturated carbocycles. The Kier molecular flexibility index (Phi) is 8.15. The number of hydrogen-bond acceptors (Lipinski definition) is 12. The quantitative estimate of drug-likeness (QED) is 0.230. The predicted octanol–water partition coefficient (Wildman–Crippen LogP) is -0.907. The van der Waals surface area contributed by atoms with Crippen LogP contribution in [-0.4, -0.2) is 93.7 Å². The van der Waals surface area contributed by atoms with Crippen molar-refractivity contribution in [2.24, 2.45) is 0 Å². The van der Waals surface area contributed by atoms with Crippen molar-refractivity contribution in [3.8, 4) is 0 Å². The van der Waals surface area contributed by atoms with Gasteiger partial charge in [-0.2, -0.15) is 0 Å². The standard InChI is InChI=1S/C12H24N2O10/c15-9-6-21-12-10(7-22-11(9)12)20-4-2-1-3-8(24-14(18)19)5-23-13(16)17/h8-12,15-19H,1-7H2/t8?,9-,10-,11?,12?/m1/s1. The minimum atomic E-state index is -0.797. The monoisotopic (exact) mass is 356 g/mol. The lowest BCUT2D eigenvalue weighted by Gasteiger charge is -2.19. The molecule has 2 heterocycles. The van der Waals surface area contributed by atoms with Gasteiger partial charge >= 0.3 is 0 Å². The normalized spacial score (nSPS) is 31.1.